The summed E-state index contributed by atoms with van der Waals surface area (Å²) >= 11 is 0. The van der Waals surface area contributed by atoms with Gasteiger partial charge in [-0.1, -0.05) is 6.92 Å². The number of nitrogens with two attached hydrogens (primary N) is 3. The summed E-state index contributed by atoms with van der Waals surface area (Å²) in [6.45, 7) is 4.70. The molecule has 2 aliphatic heterocycles. The molecule has 3 rings (SSSR count). The smallest absolute Gasteiger partial charge is 0.215 e. The van der Waals surface area contributed by atoms with Crippen LogP contribution in [0.2, 0.25) is 0 Å². The van der Waals surface area contributed by atoms with Crippen molar-refractivity contribution in [1.82, 2.24) is 10.6 Å². The topological polar surface area (TPSA) is 180 Å². The maximum atomic E-state index is 10.8. The van der Waals surface area contributed by atoms with E-state index in [4.69, 9.17) is 36.1 Å². The molecule has 186 valence electrons. The van der Waals surface area contributed by atoms with Crippen molar-refractivity contribution >= 4 is 0 Å². The number of hydrogen-bond acceptors (Lipinski definition) is 11. The molecule has 0 radical (unpaired) electrons. The van der Waals surface area contributed by atoms with Gasteiger partial charge in [0.05, 0.1) is 37.4 Å². The van der Waals surface area contributed by atoms with Crippen LogP contribution in [0.4, 0.5) is 0 Å². The number of rotatable bonds is 8. The first-order valence-electron chi connectivity index (χ1n) is 11.5. The van der Waals surface area contributed by atoms with E-state index < -0.39 is 30.3 Å². The lowest BCUT2D eigenvalue weighted by atomic mass is 9.85. The molecule has 32 heavy (non-hydrogen) atoms. The van der Waals surface area contributed by atoms with Crippen LogP contribution in [0.5, 0.6) is 0 Å². The third-order valence-corrected chi connectivity index (χ3v) is 6.58. The minimum absolute atomic E-state index is 0.0389. The number of ether oxygens (including phenoxy) is 4. The highest BCUT2D eigenvalue weighted by Crippen LogP contribution is 2.31. The summed E-state index contributed by atoms with van der Waals surface area (Å²) in [7, 11) is 1.69. The van der Waals surface area contributed by atoms with Gasteiger partial charge in [0, 0.05) is 18.5 Å². The first kappa shape index (κ1) is 25.8. The van der Waals surface area contributed by atoms with Crippen LogP contribution >= 0.6 is 0 Å². The van der Waals surface area contributed by atoms with Crippen LogP contribution in [0.15, 0.2) is 11.8 Å². The molecule has 10 N–H and O–H groups in total. The summed E-state index contributed by atoms with van der Waals surface area (Å²) in [6.07, 6.45) is 0.325. The Bertz CT molecular complexity index is 638. The zero-order valence-electron chi connectivity index (χ0n) is 19.3. The monoisotopic (exact) mass is 459 g/mol. The number of hydrogen-bond donors (Lipinski definition) is 7. The van der Waals surface area contributed by atoms with Crippen LogP contribution in [0.1, 0.15) is 33.1 Å². The Morgan fingerprint density at radius 3 is 2.56 bits per heavy atom. The molecule has 2 heterocycles. The van der Waals surface area contributed by atoms with E-state index in [9.17, 15) is 10.2 Å². The van der Waals surface area contributed by atoms with Gasteiger partial charge in [0.1, 0.15) is 17.5 Å². The van der Waals surface area contributed by atoms with Gasteiger partial charge in [-0.15, -0.1) is 0 Å². The van der Waals surface area contributed by atoms with Crippen LogP contribution < -0.4 is 27.8 Å². The van der Waals surface area contributed by atoms with Gasteiger partial charge in [-0.2, -0.15) is 0 Å². The molecule has 0 aromatic rings. The second-order valence-corrected chi connectivity index (χ2v) is 9.20. The molecule has 1 aliphatic carbocycles. The van der Waals surface area contributed by atoms with Crippen molar-refractivity contribution in [3.63, 3.8) is 0 Å². The van der Waals surface area contributed by atoms with E-state index in [0.717, 1.165) is 6.54 Å². The summed E-state index contributed by atoms with van der Waals surface area (Å²) in [5, 5.41) is 27.7. The first-order valence-corrected chi connectivity index (χ1v) is 11.5. The highest BCUT2D eigenvalue weighted by molar-refractivity contribution is 5.03. The Morgan fingerprint density at radius 2 is 1.91 bits per heavy atom. The predicted octanol–water partition coefficient (Wildman–Crippen LogP) is -2.17. The van der Waals surface area contributed by atoms with Gasteiger partial charge in [0.25, 0.3) is 0 Å². The quantitative estimate of drug-likeness (QED) is 0.210. The summed E-state index contributed by atoms with van der Waals surface area (Å²) in [5.41, 5.74) is 17.1. The molecule has 10 unspecified atom stereocenters. The maximum Gasteiger partial charge on any atom is 0.215 e. The van der Waals surface area contributed by atoms with E-state index in [2.05, 4.69) is 10.6 Å². The van der Waals surface area contributed by atoms with Crippen LogP contribution in [-0.4, -0.2) is 97.6 Å². The van der Waals surface area contributed by atoms with E-state index in [-0.39, 0.29) is 43.5 Å². The lowest BCUT2D eigenvalue weighted by Crippen LogP contribution is -2.66. The zero-order valence-corrected chi connectivity index (χ0v) is 19.3. The van der Waals surface area contributed by atoms with Gasteiger partial charge in [-0.25, -0.2) is 0 Å². The standard InChI is InChI=1S/C21H41N5O6/c1-4-26-14-7-13(24)15(31-19-12(23)6-5-11(9-22)30-19)8-16(14)32-20-17(27)18(25-3)21(2,28)10-29-20/h5,12-20,25-28H,4,6-10,22-24H2,1-3H3. The van der Waals surface area contributed by atoms with Gasteiger partial charge in [0.15, 0.2) is 6.29 Å². The lowest BCUT2D eigenvalue weighted by Gasteiger charge is -2.47. The zero-order chi connectivity index (χ0) is 23.5. The van der Waals surface area contributed by atoms with Crippen molar-refractivity contribution in [2.45, 2.75) is 93.8 Å². The molecule has 2 fully saturated rings. The van der Waals surface area contributed by atoms with E-state index in [0.29, 0.717) is 25.0 Å². The van der Waals surface area contributed by atoms with E-state index >= 15 is 0 Å². The fraction of sp³-hybridized carbons (Fsp3) is 0.905. The van der Waals surface area contributed by atoms with Crippen molar-refractivity contribution in [3.8, 4) is 0 Å². The van der Waals surface area contributed by atoms with Crippen molar-refractivity contribution in [3.05, 3.63) is 11.8 Å². The molecular weight excluding hydrogens is 418 g/mol. The van der Waals surface area contributed by atoms with Crippen LogP contribution in [0.25, 0.3) is 0 Å². The molecule has 0 spiro atoms. The SMILES string of the molecule is CCNC1CC(N)C(OC2OC(CN)=CCC2N)CC1OC1OCC(C)(O)C(NC)C1O. The molecule has 0 bridgehead atoms. The van der Waals surface area contributed by atoms with E-state index in [1.807, 2.05) is 13.0 Å². The third kappa shape index (κ3) is 5.79. The number of likely N-dealkylation sites (N-methyl/N-ethyl adjacent to an activating group) is 2. The van der Waals surface area contributed by atoms with Crippen molar-refractivity contribution in [2.75, 3.05) is 26.7 Å². The Kier molecular flexibility index (Phi) is 8.89. The molecule has 0 amide bonds. The third-order valence-electron chi connectivity index (χ3n) is 6.58. The molecular formula is C21H41N5O6. The Hall–Kier alpha value is -0.860. The predicted molar refractivity (Wildman–Crippen MR) is 118 cm³/mol. The Balaban J connectivity index is 1.68. The van der Waals surface area contributed by atoms with Crippen molar-refractivity contribution in [1.29, 1.82) is 0 Å². The Labute approximate surface area is 189 Å². The minimum atomic E-state index is -1.21. The normalized spacial score (nSPS) is 45.2. The molecule has 1 saturated carbocycles. The highest BCUT2D eigenvalue weighted by Gasteiger charge is 2.48. The molecule has 0 aromatic heterocycles. The van der Waals surface area contributed by atoms with Gasteiger partial charge in [-0.3, -0.25) is 0 Å². The average molecular weight is 460 g/mol. The molecule has 0 aromatic carbocycles. The number of nitrogens with one attached hydrogen (secondary N) is 2. The van der Waals surface area contributed by atoms with Gasteiger partial charge < -0.3 is 57.0 Å². The van der Waals surface area contributed by atoms with Crippen LogP contribution in [0.3, 0.4) is 0 Å². The molecule has 10 atom stereocenters. The largest absolute Gasteiger partial charge is 0.467 e. The second-order valence-electron chi connectivity index (χ2n) is 9.20. The molecule has 11 nitrogen and oxygen atoms in total. The van der Waals surface area contributed by atoms with Crippen LogP contribution in [0, 0.1) is 0 Å². The molecule has 3 aliphatic rings. The van der Waals surface area contributed by atoms with Gasteiger partial charge in [0.2, 0.25) is 6.29 Å². The summed E-state index contributed by atoms with van der Waals surface area (Å²) in [6, 6.07) is -1.19. The van der Waals surface area contributed by atoms with E-state index in [1.165, 1.54) is 0 Å². The highest BCUT2D eigenvalue weighted by atomic mass is 16.7. The lowest BCUT2D eigenvalue weighted by molar-refractivity contribution is -0.289. The molecule has 1 saturated heterocycles. The second kappa shape index (κ2) is 11.0. The summed E-state index contributed by atoms with van der Waals surface area (Å²) in [4.78, 5) is 0. The number of aliphatic hydroxyl groups is 2. The minimum Gasteiger partial charge on any atom is -0.467 e. The van der Waals surface area contributed by atoms with Crippen molar-refractivity contribution < 1.29 is 29.2 Å². The van der Waals surface area contributed by atoms with E-state index in [1.54, 1.807) is 14.0 Å². The number of aliphatic hydroxyl groups excluding tert-OH is 1. The Morgan fingerprint density at radius 1 is 1.19 bits per heavy atom. The summed E-state index contributed by atoms with van der Waals surface area (Å²) < 4.78 is 24.0. The van der Waals surface area contributed by atoms with Crippen molar-refractivity contribution in [2.24, 2.45) is 17.2 Å². The fourth-order valence-corrected chi connectivity index (χ4v) is 4.78. The maximum absolute atomic E-state index is 10.8. The van der Waals surface area contributed by atoms with Gasteiger partial charge in [-0.05, 0) is 39.4 Å². The van der Waals surface area contributed by atoms with Crippen LogP contribution in [-0.2, 0) is 18.9 Å². The summed E-state index contributed by atoms with van der Waals surface area (Å²) in [5.74, 6) is 0.656. The average Bonchev–Trinajstić information content (AvgIpc) is 2.75. The van der Waals surface area contributed by atoms with Gasteiger partial charge >= 0.3 is 0 Å². The first-order chi connectivity index (χ1) is 15.2. The fourth-order valence-electron chi connectivity index (χ4n) is 4.78. The molecule has 11 heteroatoms.